The molecule has 2 rings (SSSR count). The quantitative estimate of drug-likeness (QED) is 0.774. The van der Waals surface area contributed by atoms with Gasteiger partial charge in [0.05, 0.1) is 12.7 Å². The lowest BCUT2D eigenvalue weighted by Gasteiger charge is -2.07. The van der Waals surface area contributed by atoms with Crippen LogP contribution in [0.2, 0.25) is 0 Å². The highest BCUT2D eigenvalue weighted by Crippen LogP contribution is 2.20. The number of rotatable bonds is 2. The smallest absolute Gasteiger partial charge is 0.266 e. The molecule has 1 aromatic carbocycles. The van der Waals surface area contributed by atoms with E-state index in [1.54, 1.807) is 0 Å². The van der Waals surface area contributed by atoms with Crippen LogP contribution >= 0.6 is 0 Å². The standard InChI is InChI=1S/C11H9FN2O2/c1-16-10-3-2-8(12)6-9(10)11(15)14-5-4-13-7-14/h2-7H,1H3. The number of halogens is 1. The number of methoxy groups -OCH3 is 1. The van der Waals surface area contributed by atoms with Crippen LogP contribution < -0.4 is 4.74 Å². The number of benzene rings is 1. The molecule has 0 unspecified atom stereocenters. The largest absolute Gasteiger partial charge is 0.496 e. The number of ether oxygens (including phenoxy) is 1. The Morgan fingerprint density at radius 3 is 2.94 bits per heavy atom. The van der Waals surface area contributed by atoms with Crippen molar-refractivity contribution >= 4 is 5.91 Å². The maximum atomic E-state index is 13.1. The molecule has 4 nitrogen and oxygen atoms in total. The second-order valence-corrected chi connectivity index (χ2v) is 3.12. The van der Waals surface area contributed by atoms with E-state index in [0.717, 1.165) is 6.07 Å². The Kier molecular flexibility index (Phi) is 2.68. The van der Waals surface area contributed by atoms with Gasteiger partial charge in [0.25, 0.3) is 5.91 Å². The molecule has 1 aromatic heterocycles. The third kappa shape index (κ3) is 1.79. The van der Waals surface area contributed by atoms with Gasteiger partial charge in [0.1, 0.15) is 17.9 Å². The van der Waals surface area contributed by atoms with Crippen LogP contribution in [0.25, 0.3) is 0 Å². The van der Waals surface area contributed by atoms with Crippen molar-refractivity contribution in [2.24, 2.45) is 0 Å². The minimum absolute atomic E-state index is 0.167. The predicted molar refractivity (Wildman–Crippen MR) is 54.9 cm³/mol. The van der Waals surface area contributed by atoms with E-state index in [1.807, 2.05) is 0 Å². The zero-order valence-electron chi connectivity index (χ0n) is 8.55. The van der Waals surface area contributed by atoms with Gasteiger partial charge in [0.2, 0.25) is 0 Å². The summed E-state index contributed by atoms with van der Waals surface area (Å²) in [6.07, 6.45) is 4.32. The number of hydrogen-bond donors (Lipinski definition) is 0. The molecular weight excluding hydrogens is 211 g/mol. The second-order valence-electron chi connectivity index (χ2n) is 3.12. The second kappa shape index (κ2) is 4.14. The van der Waals surface area contributed by atoms with E-state index in [2.05, 4.69) is 4.98 Å². The van der Waals surface area contributed by atoms with Crippen LogP contribution in [-0.4, -0.2) is 22.6 Å². The van der Waals surface area contributed by atoms with Gasteiger partial charge in [0, 0.05) is 12.4 Å². The summed E-state index contributed by atoms with van der Waals surface area (Å²) in [5.41, 5.74) is 0.167. The molecule has 0 amide bonds. The van der Waals surface area contributed by atoms with E-state index in [9.17, 15) is 9.18 Å². The summed E-state index contributed by atoms with van der Waals surface area (Å²) in [7, 11) is 1.43. The van der Waals surface area contributed by atoms with Gasteiger partial charge in [-0.25, -0.2) is 9.37 Å². The van der Waals surface area contributed by atoms with Crippen LogP contribution in [0.5, 0.6) is 5.75 Å². The van der Waals surface area contributed by atoms with Gasteiger partial charge in [-0.05, 0) is 18.2 Å². The zero-order valence-corrected chi connectivity index (χ0v) is 8.55. The molecule has 5 heteroatoms. The van der Waals surface area contributed by atoms with E-state index in [4.69, 9.17) is 4.74 Å². The fourth-order valence-electron chi connectivity index (χ4n) is 1.37. The molecule has 0 saturated carbocycles. The van der Waals surface area contributed by atoms with Crippen molar-refractivity contribution in [2.75, 3.05) is 7.11 Å². The first-order chi connectivity index (χ1) is 7.72. The molecule has 82 valence electrons. The van der Waals surface area contributed by atoms with Gasteiger partial charge in [0.15, 0.2) is 0 Å². The van der Waals surface area contributed by atoms with E-state index in [0.29, 0.717) is 5.75 Å². The highest BCUT2D eigenvalue weighted by Gasteiger charge is 2.14. The van der Waals surface area contributed by atoms with Gasteiger partial charge in [-0.3, -0.25) is 9.36 Å². The summed E-state index contributed by atoms with van der Waals surface area (Å²) in [6, 6.07) is 3.80. The summed E-state index contributed by atoms with van der Waals surface area (Å²) in [5.74, 6) is -0.529. The molecular formula is C11H9FN2O2. The number of nitrogens with zero attached hydrogens (tertiary/aromatic N) is 2. The van der Waals surface area contributed by atoms with Gasteiger partial charge in [-0.2, -0.15) is 0 Å². The lowest BCUT2D eigenvalue weighted by atomic mass is 10.2. The number of aromatic nitrogens is 2. The highest BCUT2D eigenvalue weighted by atomic mass is 19.1. The molecule has 1 heterocycles. The topological polar surface area (TPSA) is 44.1 Å². The van der Waals surface area contributed by atoms with Gasteiger partial charge >= 0.3 is 0 Å². The van der Waals surface area contributed by atoms with Crippen LogP contribution in [0, 0.1) is 5.82 Å². The van der Waals surface area contributed by atoms with Crippen molar-refractivity contribution in [2.45, 2.75) is 0 Å². The molecule has 0 fully saturated rings. The van der Waals surface area contributed by atoms with E-state index >= 15 is 0 Å². The third-order valence-corrected chi connectivity index (χ3v) is 2.13. The van der Waals surface area contributed by atoms with Crippen molar-refractivity contribution in [3.05, 3.63) is 48.3 Å². The summed E-state index contributed by atoms with van der Waals surface area (Å²) >= 11 is 0. The van der Waals surface area contributed by atoms with Crippen molar-refractivity contribution in [1.29, 1.82) is 0 Å². The Hall–Kier alpha value is -2.17. The fraction of sp³-hybridized carbons (Fsp3) is 0.0909. The molecule has 0 saturated heterocycles. The lowest BCUT2D eigenvalue weighted by molar-refractivity contribution is 0.0956. The van der Waals surface area contributed by atoms with Crippen LogP contribution in [0.15, 0.2) is 36.9 Å². The van der Waals surface area contributed by atoms with Crippen LogP contribution in [0.3, 0.4) is 0 Å². The normalized spacial score (nSPS) is 10.1. The van der Waals surface area contributed by atoms with E-state index < -0.39 is 5.82 Å². The highest BCUT2D eigenvalue weighted by molar-refractivity contribution is 5.98. The van der Waals surface area contributed by atoms with Crippen LogP contribution in [0.4, 0.5) is 4.39 Å². The Morgan fingerprint density at radius 1 is 1.50 bits per heavy atom. The Bertz CT molecular complexity index is 509. The summed E-state index contributed by atoms with van der Waals surface area (Å²) in [5, 5.41) is 0. The molecule has 0 aliphatic heterocycles. The maximum absolute atomic E-state index is 13.1. The predicted octanol–water partition coefficient (Wildman–Crippen LogP) is 1.72. The average molecular weight is 220 g/mol. The molecule has 0 aliphatic rings. The summed E-state index contributed by atoms with van der Waals surface area (Å²) in [6.45, 7) is 0. The van der Waals surface area contributed by atoms with Crippen molar-refractivity contribution in [3.63, 3.8) is 0 Å². The van der Waals surface area contributed by atoms with E-state index in [1.165, 1.54) is 42.5 Å². The lowest BCUT2D eigenvalue weighted by Crippen LogP contribution is -2.11. The number of imidazole rings is 1. The molecule has 16 heavy (non-hydrogen) atoms. The van der Waals surface area contributed by atoms with Gasteiger partial charge < -0.3 is 4.74 Å². The van der Waals surface area contributed by atoms with Crippen molar-refractivity contribution < 1.29 is 13.9 Å². The third-order valence-electron chi connectivity index (χ3n) is 2.13. The molecule has 0 radical (unpaired) electrons. The minimum atomic E-state index is -0.482. The number of carbonyl (C=O) groups is 1. The van der Waals surface area contributed by atoms with Gasteiger partial charge in [-0.1, -0.05) is 0 Å². The number of carbonyl (C=O) groups excluding carboxylic acids is 1. The fourth-order valence-corrected chi connectivity index (χ4v) is 1.37. The average Bonchev–Trinajstić information content (AvgIpc) is 2.81. The first kappa shape index (κ1) is 10.4. The molecule has 2 aromatic rings. The summed E-state index contributed by atoms with van der Waals surface area (Å²) in [4.78, 5) is 15.7. The molecule has 0 bridgehead atoms. The van der Waals surface area contributed by atoms with E-state index in [-0.39, 0.29) is 11.5 Å². The first-order valence-electron chi connectivity index (χ1n) is 4.58. The minimum Gasteiger partial charge on any atom is -0.496 e. The Labute approximate surface area is 91.3 Å². The number of hydrogen-bond acceptors (Lipinski definition) is 3. The maximum Gasteiger partial charge on any atom is 0.266 e. The Balaban J connectivity index is 2.47. The molecule has 0 aliphatic carbocycles. The monoisotopic (exact) mass is 220 g/mol. The summed E-state index contributed by atoms with van der Waals surface area (Å²) < 4.78 is 19.3. The SMILES string of the molecule is COc1ccc(F)cc1C(=O)n1ccnc1. The molecule has 0 spiro atoms. The Morgan fingerprint density at radius 2 is 2.31 bits per heavy atom. The van der Waals surface area contributed by atoms with Crippen LogP contribution in [0.1, 0.15) is 10.4 Å². The van der Waals surface area contributed by atoms with Crippen molar-refractivity contribution in [1.82, 2.24) is 9.55 Å². The van der Waals surface area contributed by atoms with Crippen LogP contribution in [-0.2, 0) is 0 Å². The first-order valence-corrected chi connectivity index (χ1v) is 4.58. The molecule has 0 N–H and O–H groups in total. The molecule has 0 atom stereocenters. The van der Waals surface area contributed by atoms with Gasteiger partial charge in [-0.15, -0.1) is 0 Å². The van der Waals surface area contributed by atoms with Crippen molar-refractivity contribution in [3.8, 4) is 5.75 Å². The zero-order chi connectivity index (χ0) is 11.5.